The first-order valence-corrected chi connectivity index (χ1v) is 8.38. The van der Waals surface area contributed by atoms with Gasteiger partial charge in [-0.2, -0.15) is 0 Å². The van der Waals surface area contributed by atoms with Crippen molar-refractivity contribution in [2.45, 2.75) is 25.4 Å². The molecule has 0 aliphatic carbocycles. The van der Waals surface area contributed by atoms with Crippen LogP contribution >= 0.6 is 0 Å². The van der Waals surface area contributed by atoms with Gasteiger partial charge in [0.2, 0.25) is 0 Å². The first-order chi connectivity index (χ1) is 11.8. The molecule has 24 heavy (non-hydrogen) atoms. The second kappa shape index (κ2) is 10.0. The lowest BCUT2D eigenvalue weighted by atomic mass is 9.96. The minimum atomic E-state index is 0.0816. The van der Waals surface area contributed by atoms with Gasteiger partial charge in [-0.3, -0.25) is 5.32 Å². The molecule has 0 fully saturated rings. The summed E-state index contributed by atoms with van der Waals surface area (Å²) in [5, 5.41) is 12.8. The molecule has 2 aromatic carbocycles. The molecule has 3 heteroatoms. The van der Waals surface area contributed by atoms with E-state index in [1.807, 2.05) is 24.3 Å². The SMILES string of the molecule is COC[C@@H](NC(/C(C)=C/CCO)c1ccccc1)c1ccccc1. The second-order valence-electron chi connectivity index (χ2n) is 5.89. The van der Waals surface area contributed by atoms with E-state index in [4.69, 9.17) is 9.84 Å². The van der Waals surface area contributed by atoms with Gasteiger partial charge in [0.15, 0.2) is 0 Å². The Balaban J connectivity index is 2.28. The summed E-state index contributed by atoms with van der Waals surface area (Å²) in [6, 6.07) is 20.9. The van der Waals surface area contributed by atoms with Crippen LogP contribution in [0.15, 0.2) is 72.3 Å². The molecule has 0 spiro atoms. The maximum atomic E-state index is 9.13. The molecular formula is C21H27NO2. The van der Waals surface area contributed by atoms with Crippen LogP contribution in [0.3, 0.4) is 0 Å². The lowest BCUT2D eigenvalue weighted by molar-refractivity contribution is 0.163. The van der Waals surface area contributed by atoms with Crippen LogP contribution in [-0.4, -0.2) is 25.4 Å². The number of benzene rings is 2. The zero-order valence-corrected chi connectivity index (χ0v) is 14.5. The summed E-state index contributed by atoms with van der Waals surface area (Å²) in [5.74, 6) is 0. The summed E-state index contributed by atoms with van der Waals surface area (Å²) < 4.78 is 5.43. The number of ether oxygens (including phenoxy) is 1. The first-order valence-electron chi connectivity index (χ1n) is 8.38. The van der Waals surface area contributed by atoms with Gasteiger partial charge in [0, 0.05) is 13.7 Å². The molecule has 0 aromatic heterocycles. The Kier molecular flexibility index (Phi) is 7.69. The van der Waals surface area contributed by atoms with Crippen LogP contribution in [0.1, 0.15) is 36.6 Å². The molecule has 0 radical (unpaired) electrons. The van der Waals surface area contributed by atoms with Crippen LogP contribution in [0.4, 0.5) is 0 Å². The molecule has 128 valence electrons. The van der Waals surface area contributed by atoms with Gasteiger partial charge < -0.3 is 9.84 Å². The monoisotopic (exact) mass is 325 g/mol. The number of hydrogen-bond acceptors (Lipinski definition) is 3. The fraction of sp³-hybridized carbons (Fsp3) is 0.333. The molecular weight excluding hydrogens is 298 g/mol. The van der Waals surface area contributed by atoms with Gasteiger partial charge >= 0.3 is 0 Å². The van der Waals surface area contributed by atoms with Crippen molar-refractivity contribution in [1.29, 1.82) is 0 Å². The highest BCUT2D eigenvalue weighted by molar-refractivity contribution is 5.29. The van der Waals surface area contributed by atoms with Crippen molar-refractivity contribution in [3.63, 3.8) is 0 Å². The van der Waals surface area contributed by atoms with E-state index in [-0.39, 0.29) is 18.7 Å². The van der Waals surface area contributed by atoms with Crippen molar-refractivity contribution in [3.05, 3.63) is 83.4 Å². The maximum Gasteiger partial charge on any atom is 0.0657 e. The highest BCUT2D eigenvalue weighted by atomic mass is 16.5. The fourth-order valence-corrected chi connectivity index (χ4v) is 2.84. The molecule has 0 bridgehead atoms. The topological polar surface area (TPSA) is 41.5 Å². The van der Waals surface area contributed by atoms with Gasteiger partial charge in [0.25, 0.3) is 0 Å². The summed E-state index contributed by atoms with van der Waals surface area (Å²) in [6.45, 7) is 2.87. The van der Waals surface area contributed by atoms with E-state index < -0.39 is 0 Å². The van der Waals surface area contributed by atoms with Gasteiger partial charge in [0.05, 0.1) is 18.7 Å². The molecule has 0 saturated heterocycles. The van der Waals surface area contributed by atoms with Gasteiger partial charge in [-0.15, -0.1) is 0 Å². The highest BCUT2D eigenvalue weighted by Gasteiger charge is 2.19. The Morgan fingerprint density at radius 2 is 1.62 bits per heavy atom. The lowest BCUT2D eigenvalue weighted by Gasteiger charge is -2.27. The van der Waals surface area contributed by atoms with Crippen LogP contribution in [0.2, 0.25) is 0 Å². The molecule has 0 heterocycles. The third-order valence-corrected chi connectivity index (χ3v) is 4.09. The summed E-state index contributed by atoms with van der Waals surface area (Å²) in [6.07, 6.45) is 2.76. The van der Waals surface area contributed by atoms with E-state index >= 15 is 0 Å². The average Bonchev–Trinajstić information content (AvgIpc) is 2.64. The Hall–Kier alpha value is -1.94. The average molecular weight is 325 g/mol. The van der Waals surface area contributed by atoms with Gasteiger partial charge in [-0.1, -0.05) is 72.3 Å². The van der Waals surface area contributed by atoms with Crippen LogP contribution in [0, 0.1) is 0 Å². The van der Waals surface area contributed by atoms with Crippen LogP contribution in [-0.2, 0) is 4.74 Å². The highest BCUT2D eigenvalue weighted by Crippen LogP contribution is 2.26. The molecule has 0 aliphatic rings. The predicted molar refractivity (Wildman–Crippen MR) is 98.8 cm³/mol. The van der Waals surface area contributed by atoms with Crippen molar-refractivity contribution in [3.8, 4) is 0 Å². The normalized spacial score (nSPS) is 14.4. The molecule has 0 amide bonds. The van der Waals surface area contributed by atoms with Crippen molar-refractivity contribution < 1.29 is 9.84 Å². The molecule has 2 N–H and O–H groups in total. The minimum absolute atomic E-state index is 0.0816. The standard InChI is InChI=1S/C21H27NO2/c1-17(10-9-15-23)21(19-13-7-4-8-14-19)22-20(16-24-2)18-11-5-3-6-12-18/h3-8,10-14,20-23H,9,15-16H2,1-2H3/b17-10+/t20-,21?/m1/s1. The number of nitrogens with one attached hydrogen (secondary N) is 1. The summed E-state index contributed by atoms with van der Waals surface area (Å²) in [7, 11) is 1.73. The number of aliphatic hydroxyl groups is 1. The third-order valence-electron chi connectivity index (χ3n) is 4.09. The second-order valence-corrected chi connectivity index (χ2v) is 5.89. The summed E-state index contributed by atoms with van der Waals surface area (Å²) in [4.78, 5) is 0. The summed E-state index contributed by atoms with van der Waals surface area (Å²) >= 11 is 0. The molecule has 0 aliphatic heterocycles. The lowest BCUT2D eigenvalue weighted by Crippen LogP contribution is -2.30. The van der Waals surface area contributed by atoms with E-state index in [0.717, 1.165) is 0 Å². The molecule has 2 rings (SSSR count). The van der Waals surface area contributed by atoms with Gasteiger partial charge in [-0.25, -0.2) is 0 Å². The van der Waals surface area contributed by atoms with Crippen LogP contribution < -0.4 is 5.32 Å². The minimum Gasteiger partial charge on any atom is -0.396 e. The zero-order chi connectivity index (χ0) is 17.2. The van der Waals surface area contributed by atoms with Gasteiger partial charge in [0.1, 0.15) is 0 Å². The third kappa shape index (κ3) is 5.31. The van der Waals surface area contributed by atoms with E-state index in [1.54, 1.807) is 7.11 Å². The summed E-state index contributed by atoms with van der Waals surface area (Å²) in [5.41, 5.74) is 3.61. The molecule has 3 nitrogen and oxygen atoms in total. The first kappa shape index (κ1) is 18.4. The van der Waals surface area contributed by atoms with E-state index in [0.29, 0.717) is 13.0 Å². The Morgan fingerprint density at radius 1 is 1.04 bits per heavy atom. The van der Waals surface area contributed by atoms with Crippen molar-refractivity contribution in [1.82, 2.24) is 5.32 Å². The molecule has 2 aromatic rings. The van der Waals surface area contributed by atoms with E-state index in [1.165, 1.54) is 16.7 Å². The van der Waals surface area contributed by atoms with Crippen LogP contribution in [0.25, 0.3) is 0 Å². The quantitative estimate of drug-likeness (QED) is 0.684. The predicted octanol–water partition coefficient (Wildman–Crippen LogP) is 4.03. The molecule has 2 atom stereocenters. The van der Waals surface area contributed by atoms with E-state index in [2.05, 4.69) is 54.7 Å². The number of methoxy groups -OCH3 is 1. The Labute approximate surface area is 145 Å². The fourth-order valence-electron chi connectivity index (χ4n) is 2.84. The Morgan fingerprint density at radius 3 is 2.17 bits per heavy atom. The largest absolute Gasteiger partial charge is 0.396 e. The molecule has 0 saturated carbocycles. The van der Waals surface area contributed by atoms with E-state index in [9.17, 15) is 0 Å². The maximum absolute atomic E-state index is 9.13. The Bertz CT molecular complexity index is 610. The number of hydrogen-bond donors (Lipinski definition) is 2. The zero-order valence-electron chi connectivity index (χ0n) is 14.5. The van der Waals surface area contributed by atoms with Crippen molar-refractivity contribution >= 4 is 0 Å². The van der Waals surface area contributed by atoms with Crippen LogP contribution in [0.5, 0.6) is 0 Å². The van der Waals surface area contributed by atoms with Crippen molar-refractivity contribution in [2.75, 3.05) is 20.3 Å². The smallest absolute Gasteiger partial charge is 0.0657 e. The number of aliphatic hydroxyl groups excluding tert-OH is 1. The molecule has 1 unspecified atom stereocenters. The van der Waals surface area contributed by atoms with Crippen molar-refractivity contribution in [2.24, 2.45) is 0 Å². The number of rotatable bonds is 9. The van der Waals surface area contributed by atoms with Gasteiger partial charge in [-0.05, 0) is 24.5 Å².